The molecule has 0 aromatic heterocycles. The Morgan fingerprint density at radius 3 is 0.745 bits per heavy atom. The molecule has 0 bridgehead atoms. The second-order valence-corrected chi connectivity index (χ2v) is 15.8. The molecule has 5 nitrogen and oxygen atoms in total. The summed E-state index contributed by atoms with van der Waals surface area (Å²) in [5, 5.41) is 52.8. The number of rotatable bonds is 5. The summed E-state index contributed by atoms with van der Waals surface area (Å²) in [6.45, 7) is -1.41. The summed E-state index contributed by atoms with van der Waals surface area (Å²) in [5.74, 6) is -0.349. The molecule has 1 aliphatic carbocycles. The quantitative estimate of drug-likeness (QED) is 0.201. The fourth-order valence-electron chi connectivity index (χ4n) is 8.55. The Kier molecular flexibility index (Phi) is 30.3. The lowest BCUT2D eigenvalue weighted by Gasteiger charge is -2.51. The molecule has 1 unspecified atom stereocenters. The van der Waals surface area contributed by atoms with Crippen LogP contribution in [0.25, 0.3) is 0 Å². The van der Waals surface area contributed by atoms with Crippen molar-refractivity contribution in [3.63, 3.8) is 0 Å². The Morgan fingerprint density at radius 1 is 0.298 bits per heavy atom. The van der Waals surface area contributed by atoms with E-state index in [0.717, 1.165) is 32.1 Å². The van der Waals surface area contributed by atoms with E-state index in [0.29, 0.717) is 12.8 Å². The lowest BCUT2D eigenvalue weighted by Crippen LogP contribution is -2.57. The molecule has 0 radical (unpaired) electrons. The molecule has 0 heterocycles. The first-order valence-corrected chi connectivity index (χ1v) is 21.2. The van der Waals surface area contributed by atoms with Gasteiger partial charge in [0.1, 0.15) is 0 Å². The van der Waals surface area contributed by atoms with Gasteiger partial charge in [-0.25, -0.2) is 0 Å². The molecule has 1 fully saturated rings. The molecule has 1 atom stereocenters. The lowest BCUT2D eigenvalue weighted by molar-refractivity contribution is -0.159. The topological polar surface area (TPSA) is 101 Å². The van der Waals surface area contributed by atoms with E-state index >= 15 is 0 Å². The molecule has 47 heavy (non-hydrogen) atoms. The Morgan fingerprint density at radius 2 is 0.532 bits per heavy atom. The molecule has 0 aliphatic heterocycles. The van der Waals surface area contributed by atoms with Gasteiger partial charge in [0, 0.05) is 17.4 Å². The second kappa shape index (κ2) is 31.8. The predicted molar refractivity (Wildman–Crippen MR) is 201 cm³/mol. The summed E-state index contributed by atoms with van der Waals surface area (Å²) in [6, 6.07) is 0. The first-order chi connectivity index (χ1) is 23.2. The minimum Gasteiger partial charge on any atom is -0.396 e. The highest BCUT2D eigenvalue weighted by Gasteiger charge is 2.53. The molecule has 0 aromatic rings. The molecule has 1 aliphatic rings. The van der Waals surface area contributed by atoms with Gasteiger partial charge in [0.15, 0.2) is 0 Å². The van der Waals surface area contributed by atoms with Crippen LogP contribution in [0.5, 0.6) is 0 Å². The smallest absolute Gasteiger partial charge is 0.0520 e. The van der Waals surface area contributed by atoms with Crippen LogP contribution in [0.4, 0.5) is 0 Å². The Balaban J connectivity index is 2.54. The van der Waals surface area contributed by atoms with Gasteiger partial charge in [0.05, 0.1) is 26.4 Å². The van der Waals surface area contributed by atoms with Crippen LogP contribution in [0.3, 0.4) is 0 Å². The van der Waals surface area contributed by atoms with Crippen LogP contribution in [-0.4, -0.2) is 58.6 Å². The molecule has 0 saturated heterocycles. The molecule has 0 amide bonds. The van der Waals surface area contributed by atoms with E-state index in [4.69, 9.17) is 0 Å². The van der Waals surface area contributed by atoms with Crippen molar-refractivity contribution in [1.82, 2.24) is 0 Å². The van der Waals surface area contributed by atoms with E-state index in [1.165, 1.54) is 173 Å². The van der Waals surface area contributed by atoms with Crippen LogP contribution >= 0.6 is 0 Å². The van der Waals surface area contributed by atoms with Crippen molar-refractivity contribution in [2.75, 3.05) is 33.0 Å². The molecular weight excluding hydrogens is 584 g/mol. The maximum Gasteiger partial charge on any atom is 0.0520 e. The molecule has 1 rings (SSSR count). The van der Waals surface area contributed by atoms with Crippen molar-refractivity contribution < 1.29 is 25.5 Å². The van der Waals surface area contributed by atoms with Crippen molar-refractivity contribution in [3.8, 4) is 0 Å². The van der Waals surface area contributed by atoms with E-state index in [1.54, 1.807) is 0 Å². The summed E-state index contributed by atoms with van der Waals surface area (Å²) in [7, 11) is 0. The third kappa shape index (κ3) is 19.7. The van der Waals surface area contributed by atoms with Crippen LogP contribution < -0.4 is 0 Å². The Bertz CT molecular complexity index is 633. The third-order valence-corrected chi connectivity index (χ3v) is 12.2. The molecule has 0 aromatic carbocycles. The fourth-order valence-corrected chi connectivity index (χ4v) is 8.55. The number of hydrogen-bond acceptors (Lipinski definition) is 5. The largest absolute Gasteiger partial charge is 0.396 e. The first kappa shape index (κ1) is 44.8. The summed E-state index contributed by atoms with van der Waals surface area (Å²) in [5.41, 5.74) is -2.10. The predicted octanol–water partition coefficient (Wildman–Crippen LogP) is 10.8. The summed E-state index contributed by atoms with van der Waals surface area (Å²) in [4.78, 5) is 0. The summed E-state index contributed by atoms with van der Waals surface area (Å²) < 4.78 is 0. The molecule has 0 spiro atoms. The minimum absolute atomic E-state index is 0.150. The van der Waals surface area contributed by atoms with Crippen LogP contribution in [0.1, 0.15) is 218 Å². The standard InChI is InChI=1S/C42H84O5/c43-35-40-33-31-29-27-25-23-21-19-17-15-13-11-9-7-5-3-1-2-4-6-8-10-12-14-16-18-20-22-24-26-28-30-32-34-41(36-44,37-45)42(40,38-46)39-47/h40,43-47H,1-39H2. The van der Waals surface area contributed by atoms with Gasteiger partial charge in [-0.3, -0.25) is 0 Å². The van der Waals surface area contributed by atoms with Gasteiger partial charge in [-0.15, -0.1) is 0 Å². The summed E-state index contributed by atoms with van der Waals surface area (Å²) >= 11 is 0. The third-order valence-electron chi connectivity index (χ3n) is 12.2. The first-order valence-electron chi connectivity index (χ1n) is 21.2. The van der Waals surface area contributed by atoms with Gasteiger partial charge >= 0.3 is 0 Å². The van der Waals surface area contributed by atoms with Crippen molar-refractivity contribution >= 4 is 0 Å². The zero-order valence-electron chi connectivity index (χ0n) is 31.4. The molecule has 282 valence electrons. The Hall–Kier alpha value is -0.200. The highest BCUT2D eigenvalue weighted by molar-refractivity contribution is 5.01. The highest BCUT2D eigenvalue weighted by Crippen LogP contribution is 2.49. The molecule has 1 saturated carbocycles. The van der Waals surface area contributed by atoms with Gasteiger partial charge in [-0.05, 0) is 18.8 Å². The van der Waals surface area contributed by atoms with Crippen molar-refractivity contribution in [1.29, 1.82) is 0 Å². The van der Waals surface area contributed by atoms with Gasteiger partial charge in [0.2, 0.25) is 0 Å². The van der Waals surface area contributed by atoms with Crippen LogP contribution in [0, 0.1) is 16.7 Å². The van der Waals surface area contributed by atoms with Gasteiger partial charge in [0.25, 0.3) is 0 Å². The average Bonchev–Trinajstić information content (AvgIpc) is 3.10. The molecular formula is C42H84O5. The van der Waals surface area contributed by atoms with Gasteiger partial charge < -0.3 is 25.5 Å². The lowest BCUT2D eigenvalue weighted by atomic mass is 9.55. The van der Waals surface area contributed by atoms with Gasteiger partial charge in [-0.2, -0.15) is 0 Å². The van der Waals surface area contributed by atoms with E-state index in [2.05, 4.69) is 0 Å². The average molecular weight is 669 g/mol. The maximum atomic E-state index is 10.6. The number of aliphatic hydroxyl groups is 5. The van der Waals surface area contributed by atoms with Crippen molar-refractivity contribution in [3.05, 3.63) is 0 Å². The van der Waals surface area contributed by atoms with E-state index in [1.807, 2.05) is 0 Å². The zero-order valence-corrected chi connectivity index (χ0v) is 31.4. The normalized spacial score (nSPS) is 25.3. The maximum absolute atomic E-state index is 10.6. The van der Waals surface area contributed by atoms with E-state index in [-0.39, 0.29) is 39.0 Å². The number of aliphatic hydroxyl groups excluding tert-OH is 5. The SMILES string of the molecule is OCC1CCCCCCCCCCCCCCCCCCCCCCCCCCCCCCCCCCC(CO)(CO)C1(CO)CO. The van der Waals surface area contributed by atoms with Crippen LogP contribution in [0.15, 0.2) is 0 Å². The van der Waals surface area contributed by atoms with Crippen molar-refractivity contribution in [2.45, 2.75) is 218 Å². The van der Waals surface area contributed by atoms with Crippen LogP contribution in [0.2, 0.25) is 0 Å². The van der Waals surface area contributed by atoms with Crippen molar-refractivity contribution in [2.24, 2.45) is 16.7 Å². The fraction of sp³-hybridized carbons (Fsp3) is 1.00. The van der Waals surface area contributed by atoms with Gasteiger partial charge in [-0.1, -0.05) is 205 Å². The second-order valence-electron chi connectivity index (χ2n) is 15.8. The van der Waals surface area contributed by atoms with Crippen LogP contribution in [-0.2, 0) is 0 Å². The molecule has 5 heteroatoms. The molecule has 5 N–H and O–H groups in total. The van der Waals surface area contributed by atoms with E-state index in [9.17, 15) is 25.5 Å². The Labute approximate surface area is 293 Å². The minimum atomic E-state index is -1.10. The zero-order chi connectivity index (χ0) is 34.2. The number of hydrogen-bond donors (Lipinski definition) is 5. The van der Waals surface area contributed by atoms with E-state index < -0.39 is 10.8 Å². The summed E-state index contributed by atoms with van der Waals surface area (Å²) in [6.07, 6.45) is 43.3. The highest BCUT2D eigenvalue weighted by atomic mass is 16.3. The monoisotopic (exact) mass is 669 g/mol.